The number of fused-ring (bicyclic) bond motifs is 1. The minimum absolute atomic E-state index is 0.0354. The molecule has 4 N–H and O–H groups in total. The summed E-state index contributed by atoms with van der Waals surface area (Å²) in [6.45, 7) is 6.11. The molecule has 0 fully saturated rings. The van der Waals surface area contributed by atoms with E-state index < -0.39 is 40.5 Å². The number of carbonyl (C=O) groups excluding carboxylic acids is 3. The predicted molar refractivity (Wildman–Crippen MR) is 156 cm³/mol. The van der Waals surface area contributed by atoms with Crippen molar-refractivity contribution in [3.05, 3.63) is 99.6 Å². The monoisotopic (exact) mass is 575 g/mol. The number of nitro groups is 1. The van der Waals surface area contributed by atoms with E-state index in [1.54, 1.807) is 50.2 Å². The molecule has 1 aliphatic rings. The first-order chi connectivity index (χ1) is 20.1. The quantitative estimate of drug-likeness (QED) is 0.167. The first kappa shape index (κ1) is 30.2. The largest absolute Gasteiger partial charge is 0.369 e. The normalized spacial score (nSPS) is 16.7. The molecule has 0 spiro atoms. The van der Waals surface area contributed by atoms with Crippen LogP contribution >= 0.6 is 0 Å². The number of nitro benzene ring substituents is 1. The molecule has 0 aliphatic carbocycles. The fraction of sp³-hybridized carbons (Fsp3) is 0.300. The lowest BCUT2D eigenvalue weighted by Crippen LogP contribution is -2.60. The molecule has 4 rings (SSSR count). The van der Waals surface area contributed by atoms with E-state index in [9.17, 15) is 24.5 Å². The van der Waals surface area contributed by atoms with E-state index in [1.165, 1.54) is 29.2 Å². The summed E-state index contributed by atoms with van der Waals surface area (Å²) in [5.74, 6) is -3.01. The van der Waals surface area contributed by atoms with Crippen molar-refractivity contribution in [2.24, 2.45) is 5.73 Å². The van der Waals surface area contributed by atoms with Crippen LogP contribution in [-0.2, 0) is 24.6 Å². The lowest BCUT2D eigenvalue weighted by atomic mass is 9.74. The Morgan fingerprint density at radius 1 is 1.00 bits per heavy atom. The van der Waals surface area contributed by atoms with Crippen LogP contribution in [0.1, 0.15) is 36.5 Å². The third-order valence-electron chi connectivity index (χ3n) is 7.01. The molecule has 1 aliphatic heterocycles. The van der Waals surface area contributed by atoms with Gasteiger partial charge in [-0.2, -0.15) is 0 Å². The van der Waals surface area contributed by atoms with E-state index in [1.807, 2.05) is 19.1 Å². The molecule has 12 nitrogen and oxygen atoms in total. The van der Waals surface area contributed by atoms with Gasteiger partial charge in [-0.1, -0.05) is 48.0 Å². The number of rotatable bonds is 12. The van der Waals surface area contributed by atoms with Crippen molar-refractivity contribution in [1.82, 2.24) is 5.32 Å². The molecule has 12 heteroatoms. The molecular formula is C30H33N5O7. The minimum atomic E-state index is -2.02. The van der Waals surface area contributed by atoms with Gasteiger partial charge in [-0.25, -0.2) is 4.79 Å². The highest BCUT2D eigenvalue weighted by atomic mass is 16.7. The second-order valence-electron chi connectivity index (χ2n) is 9.71. The lowest BCUT2D eigenvalue weighted by Gasteiger charge is -2.36. The van der Waals surface area contributed by atoms with Crippen LogP contribution in [0.3, 0.4) is 0 Å². The Morgan fingerprint density at radius 3 is 2.19 bits per heavy atom. The van der Waals surface area contributed by atoms with Gasteiger partial charge in [0.15, 0.2) is 11.8 Å². The van der Waals surface area contributed by atoms with Gasteiger partial charge in [0.05, 0.1) is 23.1 Å². The summed E-state index contributed by atoms with van der Waals surface area (Å²) in [7, 11) is 0. The Kier molecular flexibility index (Phi) is 9.18. The molecule has 2 unspecified atom stereocenters. The van der Waals surface area contributed by atoms with Crippen molar-refractivity contribution in [3.8, 4) is 0 Å². The number of anilines is 2. The molecule has 3 aromatic carbocycles. The van der Waals surface area contributed by atoms with Crippen LogP contribution < -0.4 is 21.3 Å². The first-order valence-electron chi connectivity index (χ1n) is 13.5. The van der Waals surface area contributed by atoms with Gasteiger partial charge >= 0.3 is 6.03 Å². The summed E-state index contributed by atoms with van der Waals surface area (Å²) in [6, 6.07) is 18.2. The number of nitrogens with two attached hydrogens (primary N) is 1. The summed E-state index contributed by atoms with van der Waals surface area (Å²) in [4.78, 5) is 53.6. The van der Waals surface area contributed by atoms with E-state index in [-0.39, 0.29) is 17.8 Å². The molecule has 220 valence electrons. The third kappa shape index (κ3) is 5.94. The number of hydrogen-bond donors (Lipinski definition) is 3. The van der Waals surface area contributed by atoms with Gasteiger partial charge in [0.1, 0.15) is 0 Å². The molecule has 0 aromatic heterocycles. The van der Waals surface area contributed by atoms with Crippen molar-refractivity contribution in [2.75, 3.05) is 30.0 Å². The maximum absolute atomic E-state index is 14.6. The van der Waals surface area contributed by atoms with Crippen LogP contribution in [0.25, 0.3) is 0 Å². The molecule has 3 aromatic rings. The second kappa shape index (κ2) is 12.8. The van der Waals surface area contributed by atoms with Crippen molar-refractivity contribution in [2.45, 2.75) is 38.5 Å². The number of primary amides is 1. The summed E-state index contributed by atoms with van der Waals surface area (Å²) in [5, 5.41) is 16.8. The number of urea groups is 1. The molecule has 0 saturated heterocycles. The number of hydrogen-bond acceptors (Lipinski definition) is 7. The number of carbonyl (C=O) groups is 3. The van der Waals surface area contributed by atoms with Crippen LogP contribution in [0.15, 0.2) is 72.8 Å². The Bertz CT molecular complexity index is 1460. The molecule has 0 saturated carbocycles. The van der Waals surface area contributed by atoms with Gasteiger partial charge in [0.2, 0.25) is 5.91 Å². The number of nitrogens with one attached hydrogen (secondary N) is 2. The molecule has 0 bridgehead atoms. The maximum atomic E-state index is 14.6. The van der Waals surface area contributed by atoms with Crippen molar-refractivity contribution in [3.63, 3.8) is 0 Å². The first-order valence-corrected chi connectivity index (χ1v) is 13.5. The SMILES string of the molecule is CCOC(CN1C(=O)C(NC(=O)Nc2ccc(C)cc2)(C(C(N)=O)c2ccc([N+](=O)[O-])cc2)c2ccccc21)OCC. The van der Waals surface area contributed by atoms with Gasteiger partial charge < -0.3 is 30.7 Å². The van der Waals surface area contributed by atoms with Gasteiger partial charge in [-0.15, -0.1) is 0 Å². The zero-order valence-corrected chi connectivity index (χ0v) is 23.5. The Hall–Kier alpha value is -4.81. The smallest absolute Gasteiger partial charge is 0.320 e. The summed E-state index contributed by atoms with van der Waals surface area (Å²) < 4.78 is 11.4. The topological polar surface area (TPSA) is 166 Å². The number of benzene rings is 3. The fourth-order valence-electron chi connectivity index (χ4n) is 5.20. The average Bonchev–Trinajstić information content (AvgIpc) is 3.18. The van der Waals surface area contributed by atoms with Crippen LogP contribution in [0, 0.1) is 17.0 Å². The molecule has 42 heavy (non-hydrogen) atoms. The van der Waals surface area contributed by atoms with E-state index in [0.29, 0.717) is 30.2 Å². The van der Waals surface area contributed by atoms with Gasteiger partial charge in [0, 0.05) is 36.6 Å². The molecular weight excluding hydrogens is 542 g/mol. The van der Waals surface area contributed by atoms with Crippen LogP contribution in [-0.4, -0.2) is 48.8 Å². The van der Waals surface area contributed by atoms with E-state index in [2.05, 4.69) is 10.6 Å². The summed E-state index contributed by atoms with van der Waals surface area (Å²) in [5.41, 5.74) is 6.15. The van der Waals surface area contributed by atoms with Crippen LogP contribution in [0.2, 0.25) is 0 Å². The Balaban J connectivity index is 1.87. The maximum Gasteiger partial charge on any atom is 0.320 e. The molecule has 1 heterocycles. The standard InChI is InChI=1S/C30H33N5O7/c1-4-41-25(42-5-2)18-34-24-9-7-6-8-23(24)30(28(34)37,33-29(38)32-21-14-10-19(3)11-15-21)26(27(31)36)20-12-16-22(17-13-20)35(39)40/h6-17,25-26H,4-5,18H2,1-3H3,(H2,31,36)(H2,32,33,38). The molecule has 4 amide bonds. The van der Waals surface area contributed by atoms with Gasteiger partial charge in [0.25, 0.3) is 11.6 Å². The van der Waals surface area contributed by atoms with Gasteiger partial charge in [-0.3, -0.25) is 19.7 Å². The third-order valence-corrected chi connectivity index (χ3v) is 7.01. The Labute approximate surface area is 242 Å². The number of non-ortho nitro benzene ring substituents is 1. The number of aryl methyl sites for hydroxylation is 1. The fourth-order valence-corrected chi connectivity index (χ4v) is 5.20. The van der Waals surface area contributed by atoms with E-state index >= 15 is 0 Å². The average molecular weight is 576 g/mol. The number of ether oxygens (including phenoxy) is 2. The lowest BCUT2D eigenvalue weighted by molar-refractivity contribution is -0.384. The van der Waals surface area contributed by atoms with Crippen LogP contribution in [0.4, 0.5) is 21.9 Å². The molecule has 0 radical (unpaired) electrons. The highest BCUT2D eigenvalue weighted by molar-refractivity contribution is 6.13. The summed E-state index contributed by atoms with van der Waals surface area (Å²) in [6.07, 6.45) is -0.791. The zero-order chi connectivity index (χ0) is 30.4. The van der Waals surface area contributed by atoms with E-state index in [0.717, 1.165) is 5.56 Å². The number of para-hydroxylation sites is 1. The van der Waals surface area contributed by atoms with Crippen LogP contribution in [0.5, 0.6) is 0 Å². The van der Waals surface area contributed by atoms with Crippen molar-refractivity contribution in [1.29, 1.82) is 0 Å². The highest BCUT2D eigenvalue weighted by Gasteiger charge is 2.59. The second-order valence-corrected chi connectivity index (χ2v) is 9.71. The van der Waals surface area contributed by atoms with Crippen molar-refractivity contribution < 1.29 is 28.8 Å². The van der Waals surface area contributed by atoms with Gasteiger partial charge in [-0.05, 0) is 44.5 Å². The predicted octanol–water partition coefficient (Wildman–Crippen LogP) is 3.94. The summed E-state index contributed by atoms with van der Waals surface area (Å²) >= 11 is 0. The number of amides is 4. The Morgan fingerprint density at radius 2 is 1.62 bits per heavy atom. The minimum Gasteiger partial charge on any atom is -0.369 e. The van der Waals surface area contributed by atoms with E-state index in [4.69, 9.17) is 15.2 Å². The van der Waals surface area contributed by atoms with Crippen molar-refractivity contribution >= 4 is 34.9 Å². The zero-order valence-electron chi connectivity index (χ0n) is 23.5. The highest BCUT2D eigenvalue weighted by Crippen LogP contribution is 2.48. The number of nitrogens with zero attached hydrogens (tertiary/aromatic N) is 2. The molecule has 2 atom stereocenters.